The number of hydrogen-bond donors (Lipinski definition) is 0. The summed E-state index contributed by atoms with van der Waals surface area (Å²) >= 11 is 0. The van der Waals surface area contributed by atoms with Crippen LogP contribution >= 0.6 is 0 Å². The fourth-order valence-electron chi connectivity index (χ4n) is 3.83. The molecule has 0 saturated carbocycles. The number of rotatable bonds is 10. The minimum Gasteiger partial charge on any atom is -0.493 e. The van der Waals surface area contributed by atoms with Crippen molar-refractivity contribution in [2.75, 3.05) is 41.0 Å². The number of nitrogens with zero attached hydrogens (tertiary/aromatic N) is 3. The third kappa shape index (κ3) is 5.72. The Morgan fingerprint density at radius 2 is 1.79 bits per heavy atom. The van der Waals surface area contributed by atoms with Crippen molar-refractivity contribution in [3.05, 3.63) is 59.4 Å². The van der Waals surface area contributed by atoms with E-state index in [4.69, 9.17) is 14.2 Å². The molecule has 0 fully saturated rings. The molecule has 1 aliphatic rings. The molecule has 0 aromatic heterocycles. The predicted octanol–water partition coefficient (Wildman–Crippen LogP) is 3.41. The van der Waals surface area contributed by atoms with Gasteiger partial charge >= 0.3 is 0 Å². The van der Waals surface area contributed by atoms with Gasteiger partial charge in [-0.25, -0.2) is 9.40 Å². The first kappa shape index (κ1) is 25.2. The summed E-state index contributed by atoms with van der Waals surface area (Å²) in [6.45, 7) is 2.25. The fraction of sp³-hybridized carbons (Fsp3) is 0.400. The number of benzene rings is 2. The molecule has 8 nitrogen and oxygen atoms in total. The molecule has 0 aliphatic carbocycles. The minimum atomic E-state index is -0.423. The van der Waals surface area contributed by atoms with Crippen LogP contribution in [-0.2, 0) is 14.3 Å². The largest absolute Gasteiger partial charge is 0.493 e. The van der Waals surface area contributed by atoms with Gasteiger partial charge in [-0.15, -0.1) is 0 Å². The molecule has 2 aromatic rings. The predicted molar refractivity (Wildman–Crippen MR) is 125 cm³/mol. The van der Waals surface area contributed by atoms with Crippen LogP contribution in [0.2, 0.25) is 0 Å². The average molecular weight is 472 g/mol. The van der Waals surface area contributed by atoms with Crippen molar-refractivity contribution in [3.8, 4) is 11.5 Å². The van der Waals surface area contributed by atoms with Crippen LogP contribution in [0.1, 0.15) is 36.9 Å². The second-order valence-corrected chi connectivity index (χ2v) is 7.79. The molecular weight excluding hydrogens is 441 g/mol. The van der Waals surface area contributed by atoms with Crippen LogP contribution in [0, 0.1) is 5.82 Å². The van der Waals surface area contributed by atoms with Crippen LogP contribution < -0.4 is 9.47 Å². The number of hydrogen-bond acceptors (Lipinski definition) is 6. The van der Waals surface area contributed by atoms with Crippen LogP contribution in [0.3, 0.4) is 0 Å². The number of ether oxygens (including phenoxy) is 3. The number of carbonyl (C=O) groups excluding carboxylic acids is 2. The third-order valence-electron chi connectivity index (χ3n) is 5.68. The SMILES string of the molecule is CCC(=O)N(CCOC)CC(=O)N1N=C(c2ccc(F)cc2)C[C@H]1c1ccc(OC)c(OC)c1. The first-order valence-corrected chi connectivity index (χ1v) is 11.1. The number of methoxy groups -OCH3 is 3. The van der Waals surface area contributed by atoms with Crippen LogP contribution in [0.15, 0.2) is 47.6 Å². The highest BCUT2D eigenvalue weighted by atomic mass is 19.1. The van der Waals surface area contributed by atoms with E-state index >= 15 is 0 Å². The monoisotopic (exact) mass is 471 g/mol. The van der Waals surface area contributed by atoms with E-state index in [1.54, 1.807) is 46.5 Å². The maximum Gasteiger partial charge on any atom is 0.262 e. The molecule has 0 bridgehead atoms. The molecule has 0 saturated heterocycles. The van der Waals surface area contributed by atoms with E-state index in [2.05, 4.69) is 5.10 Å². The highest BCUT2D eigenvalue weighted by Crippen LogP contribution is 2.37. The van der Waals surface area contributed by atoms with Crippen molar-refractivity contribution in [3.63, 3.8) is 0 Å². The van der Waals surface area contributed by atoms with Gasteiger partial charge in [0.05, 0.1) is 32.6 Å². The van der Waals surface area contributed by atoms with Gasteiger partial charge in [0.1, 0.15) is 12.4 Å². The van der Waals surface area contributed by atoms with E-state index in [1.165, 1.54) is 22.0 Å². The zero-order valence-corrected chi connectivity index (χ0v) is 19.9. The molecule has 0 spiro atoms. The van der Waals surface area contributed by atoms with Gasteiger partial charge in [-0.1, -0.05) is 25.1 Å². The van der Waals surface area contributed by atoms with Gasteiger partial charge in [0.25, 0.3) is 5.91 Å². The smallest absolute Gasteiger partial charge is 0.262 e. The molecule has 0 N–H and O–H groups in total. The van der Waals surface area contributed by atoms with Crippen LogP contribution in [-0.4, -0.2) is 68.5 Å². The van der Waals surface area contributed by atoms with E-state index in [1.807, 2.05) is 12.1 Å². The maximum absolute atomic E-state index is 13.5. The first-order chi connectivity index (χ1) is 16.4. The molecular formula is C25H30FN3O5. The van der Waals surface area contributed by atoms with Crippen LogP contribution in [0.5, 0.6) is 11.5 Å². The lowest BCUT2D eigenvalue weighted by atomic mass is 9.98. The fourth-order valence-corrected chi connectivity index (χ4v) is 3.83. The van der Waals surface area contributed by atoms with Gasteiger partial charge < -0.3 is 19.1 Å². The summed E-state index contributed by atoms with van der Waals surface area (Å²) in [6, 6.07) is 11.0. The molecule has 182 valence electrons. The van der Waals surface area contributed by atoms with E-state index in [0.29, 0.717) is 36.8 Å². The quantitative estimate of drug-likeness (QED) is 0.531. The molecule has 2 amide bonds. The normalized spacial score (nSPS) is 15.1. The van der Waals surface area contributed by atoms with Gasteiger partial charge in [0, 0.05) is 26.5 Å². The Labute approximate surface area is 198 Å². The summed E-state index contributed by atoms with van der Waals surface area (Å²) in [5, 5.41) is 6.00. The zero-order chi connectivity index (χ0) is 24.7. The first-order valence-electron chi connectivity index (χ1n) is 11.1. The zero-order valence-electron chi connectivity index (χ0n) is 19.9. The van der Waals surface area contributed by atoms with E-state index < -0.39 is 6.04 Å². The summed E-state index contributed by atoms with van der Waals surface area (Å²) in [5.41, 5.74) is 2.18. The van der Waals surface area contributed by atoms with Gasteiger partial charge in [0.15, 0.2) is 11.5 Å². The minimum absolute atomic E-state index is 0.125. The van der Waals surface area contributed by atoms with Gasteiger partial charge in [0.2, 0.25) is 5.91 Å². The summed E-state index contributed by atoms with van der Waals surface area (Å²) in [6.07, 6.45) is 0.701. The van der Waals surface area contributed by atoms with Crippen molar-refractivity contribution < 1.29 is 28.2 Å². The molecule has 2 aromatic carbocycles. The van der Waals surface area contributed by atoms with Crippen molar-refractivity contribution in [2.45, 2.75) is 25.8 Å². The number of hydrazone groups is 1. The van der Waals surface area contributed by atoms with Crippen molar-refractivity contribution in [1.29, 1.82) is 0 Å². The van der Waals surface area contributed by atoms with Crippen molar-refractivity contribution >= 4 is 17.5 Å². The van der Waals surface area contributed by atoms with Crippen molar-refractivity contribution in [2.24, 2.45) is 5.10 Å². The molecule has 1 aliphatic heterocycles. The topological polar surface area (TPSA) is 80.7 Å². The number of halogens is 1. The Hall–Kier alpha value is -3.46. The molecule has 34 heavy (non-hydrogen) atoms. The molecule has 0 radical (unpaired) electrons. The van der Waals surface area contributed by atoms with E-state index in [9.17, 15) is 14.0 Å². The second kappa shape index (κ2) is 11.6. The standard InChI is InChI=1S/C25H30FN3O5/c1-5-24(30)28(12-13-32-2)16-25(31)29-21(18-8-11-22(33-3)23(14-18)34-4)15-20(27-29)17-6-9-19(26)10-7-17/h6-11,14,21H,5,12-13,15-16H2,1-4H3/t21-/m0/s1. The molecule has 9 heteroatoms. The lowest BCUT2D eigenvalue weighted by Crippen LogP contribution is -2.42. The van der Waals surface area contributed by atoms with Crippen molar-refractivity contribution in [1.82, 2.24) is 9.91 Å². The average Bonchev–Trinajstić information content (AvgIpc) is 3.31. The lowest BCUT2D eigenvalue weighted by molar-refractivity contribution is -0.141. The highest BCUT2D eigenvalue weighted by Gasteiger charge is 2.34. The summed E-state index contributed by atoms with van der Waals surface area (Å²) in [5.74, 6) is 0.287. The Morgan fingerprint density at radius 3 is 2.41 bits per heavy atom. The van der Waals surface area contributed by atoms with E-state index in [0.717, 1.165) is 11.1 Å². The summed E-state index contributed by atoms with van der Waals surface area (Å²) in [4.78, 5) is 27.3. The van der Waals surface area contributed by atoms with Crippen LogP contribution in [0.25, 0.3) is 0 Å². The van der Waals surface area contributed by atoms with Gasteiger partial charge in [-0.05, 0) is 35.4 Å². The Balaban J connectivity index is 1.94. The molecule has 1 heterocycles. The van der Waals surface area contributed by atoms with Gasteiger partial charge in [-0.2, -0.15) is 5.10 Å². The summed E-state index contributed by atoms with van der Waals surface area (Å²) in [7, 11) is 4.64. The van der Waals surface area contributed by atoms with E-state index in [-0.39, 0.29) is 30.6 Å². The van der Waals surface area contributed by atoms with Crippen LogP contribution in [0.4, 0.5) is 4.39 Å². The highest BCUT2D eigenvalue weighted by molar-refractivity contribution is 6.03. The maximum atomic E-state index is 13.5. The Bertz CT molecular complexity index is 1040. The summed E-state index contributed by atoms with van der Waals surface area (Å²) < 4.78 is 29.3. The molecule has 0 unspecified atom stereocenters. The van der Waals surface area contributed by atoms with Gasteiger partial charge in [-0.3, -0.25) is 9.59 Å². The molecule has 1 atom stereocenters. The number of carbonyl (C=O) groups is 2. The third-order valence-corrected chi connectivity index (χ3v) is 5.68. The molecule has 3 rings (SSSR count). The Kier molecular flexibility index (Phi) is 8.59. The lowest BCUT2D eigenvalue weighted by Gasteiger charge is -2.27. The Morgan fingerprint density at radius 1 is 1.09 bits per heavy atom. The number of amides is 2. The second-order valence-electron chi connectivity index (χ2n) is 7.79.